The zero-order valence-corrected chi connectivity index (χ0v) is 10.2. The second kappa shape index (κ2) is 5.82. The van der Waals surface area contributed by atoms with Crippen molar-refractivity contribution in [1.29, 1.82) is 0 Å². The molecular formula is C13H18N2O3. The fourth-order valence-electron chi connectivity index (χ4n) is 2.28. The predicted molar refractivity (Wildman–Crippen MR) is 67.7 cm³/mol. The Balaban J connectivity index is 2.07. The molecule has 0 radical (unpaired) electrons. The summed E-state index contributed by atoms with van der Waals surface area (Å²) in [5.74, 6) is -0.527. The molecular weight excluding hydrogens is 232 g/mol. The van der Waals surface area contributed by atoms with Crippen LogP contribution in [0.3, 0.4) is 0 Å². The third-order valence-corrected chi connectivity index (χ3v) is 3.28. The van der Waals surface area contributed by atoms with E-state index in [1.54, 1.807) is 12.1 Å². The monoisotopic (exact) mass is 250 g/mol. The van der Waals surface area contributed by atoms with Crippen LogP contribution < -0.4 is 5.32 Å². The molecule has 1 fully saturated rings. The smallest absolute Gasteiger partial charge is 0.354 e. The molecule has 98 valence electrons. The quantitative estimate of drug-likeness (QED) is 0.713. The van der Waals surface area contributed by atoms with Gasteiger partial charge in [-0.3, -0.25) is 0 Å². The molecule has 0 saturated heterocycles. The molecule has 1 aromatic rings. The second-order valence-electron chi connectivity index (χ2n) is 4.67. The summed E-state index contributed by atoms with van der Waals surface area (Å²) >= 11 is 0. The number of anilines is 1. The molecule has 5 nitrogen and oxygen atoms in total. The van der Waals surface area contributed by atoms with Crippen LogP contribution in [0.1, 0.15) is 42.6 Å². The lowest BCUT2D eigenvalue weighted by Crippen LogP contribution is -2.32. The van der Waals surface area contributed by atoms with E-state index in [1.807, 2.05) is 0 Å². The topological polar surface area (TPSA) is 82.5 Å². The normalized spacial score (nSPS) is 24.3. The molecule has 0 aromatic carbocycles. The van der Waals surface area contributed by atoms with Gasteiger partial charge in [0.05, 0.1) is 12.1 Å². The van der Waals surface area contributed by atoms with Crippen LogP contribution in [0.2, 0.25) is 0 Å². The summed E-state index contributed by atoms with van der Waals surface area (Å²) in [5, 5.41) is 22.0. The van der Waals surface area contributed by atoms with Crippen molar-refractivity contribution < 1.29 is 15.0 Å². The molecule has 0 bridgehead atoms. The molecule has 0 spiro atoms. The lowest BCUT2D eigenvalue weighted by Gasteiger charge is -2.22. The van der Waals surface area contributed by atoms with Gasteiger partial charge in [-0.15, -0.1) is 0 Å². The van der Waals surface area contributed by atoms with E-state index in [-0.39, 0.29) is 17.8 Å². The molecule has 1 aliphatic rings. The number of hydrogen-bond acceptors (Lipinski definition) is 4. The third-order valence-electron chi connectivity index (χ3n) is 3.28. The number of aliphatic hydroxyl groups excluding tert-OH is 1. The van der Waals surface area contributed by atoms with Gasteiger partial charge in [0.1, 0.15) is 5.82 Å². The van der Waals surface area contributed by atoms with Crippen molar-refractivity contribution in [3.8, 4) is 0 Å². The van der Waals surface area contributed by atoms with Gasteiger partial charge < -0.3 is 15.5 Å². The number of pyridine rings is 1. The van der Waals surface area contributed by atoms with Gasteiger partial charge >= 0.3 is 5.97 Å². The largest absolute Gasteiger partial charge is 0.477 e. The summed E-state index contributed by atoms with van der Waals surface area (Å²) in [5.41, 5.74) is 0.0168. The average Bonchev–Trinajstić information content (AvgIpc) is 2.55. The minimum Gasteiger partial charge on any atom is -0.477 e. The number of nitrogens with one attached hydrogen (secondary N) is 1. The minimum absolute atomic E-state index is 0.0168. The zero-order chi connectivity index (χ0) is 13.0. The Morgan fingerprint density at radius 1 is 1.28 bits per heavy atom. The van der Waals surface area contributed by atoms with Crippen LogP contribution >= 0.6 is 0 Å². The number of aliphatic hydroxyl groups is 1. The Morgan fingerprint density at radius 3 is 2.83 bits per heavy atom. The van der Waals surface area contributed by atoms with E-state index in [0.717, 1.165) is 32.1 Å². The summed E-state index contributed by atoms with van der Waals surface area (Å²) in [6.07, 6.45) is 4.55. The van der Waals surface area contributed by atoms with Gasteiger partial charge in [-0.1, -0.05) is 25.3 Å². The molecule has 1 aliphatic carbocycles. The van der Waals surface area contributed by atoms with E-state index < -0.39 is 5.97 Å². The van der Waals surface area contributed by atoms with Crippen LogP contribution in [-0.2, 0) is 0 Å². The van der Waals surface area contributed by atoms with Crippen molar-refractivity contribution in [2.75, 3.05) is 5.32 Å². The number of carboxylic acid groups (broad SMARTS) is 1. The first-order chi connectivity index (χ1) is 8.66. The number of nitrogens with zero attached hydrogens (tertiary/aromatic N) is 1. The molecule has 3 N–H and O–H groups in total. The maximum atomic E-state index is 10.8. The molecule has 1 heterocycles. The van der Waals surface area contributed by atoms with Crippen molar-refractivity contribution in [2.45, 2.75) is 44.2 Å². The van der Waals surface area contributed by atoms with Crippen molar-refractivity contribution in [2.24, 2.45) is 0 Å². The van der Waals surface area contributed by atoms with Crippen LogP contribution in [0.15, 0.2) is 18.2 Å². The van der Waals surface area contributed by atoms with Gasteiger partial charge in [0.15, 0.2) is 5.69 Å². The van der Waals surface area contributed by atoms with Gasteiger partial charge in [0.2, 0.25) is 0 Å². The van der Waals surface area contributed by atoms with Crippen LogP contribution in [0.25, 0.3) is 0 Å². The summed E-state index contributed by atoms with van der Waals surface area (Å²) in [6.45, 7) is 0. The summed E-state index contributed by atoms with van der Waals surface area (Å²) in [4.78, 5) is 14.8. The van der Waals surface area contributed by atoms with Crippen molar-refractivity contribution in [3.05, 3.63) is 23.9 Å². The number of aromatic nitrogens is 1. The Hall–Kier alpha value is -1.62. The second-order valence-corrected chi connectivity index (χ2v) is 4.67. The van der Waals surface area contributed by atoms with E-state index >= 15 is 0 Å². The first kappa shape index (κ1) is 12.8. The first-order valence-corrected chi connectivity index (χ1v) is 6.32. The molecule has 18 heavy (non-hydrogen) atoms. The van der Waals surface area contributed by atoms with Crippen LogP contribution in [-0.4, -0.2) is 33.3 Å². The number of rotatable bonds is 3. The Morgan fingerprint density at radius 2 is 2.06 bits per heavy atom. The highest BCUT2D eigenvalue weighted by molar-refractivity contribution is 5.85. The highest BCUT2D eigenvalue weighted by atomic mass is 16.4. The summed E-state index contributed by atoms with van der Waals surface area (Å²) in [6, 6.07) is 4.80. The van der Waals surface area contributed by atoms with E-state index in [4.69, 9.17) is 5.11 Å². The van der Waals surface area contributed by atoms with E-state index in [2.05, 4.69) is 10.3 Å². The highest BCUT2D eigenvalue weighted by Gasteiger charge is 2.21. The number of carbonyl (C=O) groups is 1. The molecule has 0 aliphatic heterocycles. The molecule has 0 amide bonds. The van der Waals surface area contributed by atoms with Crippen LogP contribution in [0, 0.1) is 0 Å². The van der Waals surface area contributed by atoms with Crippen molar-refractivity contribution in [3.63, 3.8) is 0 Å². The fraction of sp³-hybridized carbons (Fsp3) is 0.538. The van der Waals surface area contributed by atoms with Gasteiger partial charge in [-0.05, 0) is 25.0 Å². The number of hydrogen-bond donors (Lipinski definition) is 3. The average molecular weight is 250 g/mol. The Kier molecular flexibility index (Phi) is 4.15. The van der Waals surface area contributed by atoms with E-state index in [9.17, 15) is 9.90 Å². The van der Waals surface area contributed by atoms with Gasteiger partial charge in [-0.2, -0.15) is 0 Å². The lowest BCUT2D eigenvalue weighted by molar-refractivity contribution is 0.0690. The molecule has 1 aromatic heterocycles. The van der Waals surface area contributed by atoms with Crippen LogP contribution in [0.4, 0.5) is 5.82 Å². The Labute approximate surface area is 106 Å². The van der Waals surface area contributed by atoms with Gasteiger partial charge in [-0.25, -0.2) is 9.78 Å². The fourth-order valence-corrected chi connectivity index (χ4v) is 2.28. The van der Waals surface area contributed by atoms with E-state index in [0.29, 0.717) is 5.82 Å². The van der Waals surface area contributed by atoms with Crippen molar-refractivity contribution in [1.82, 2.24) is 4.98 Å². The molecule has 5 heteroatoms. The molecule has 2 rings (SSSR count). The molecule has 2 atom stereocenters. The highest BCUT2D eigenvalue weighted by Crippen LogP contribution is 2.21. The molecule has 1 saturated carbocycles. The van der Waals surface area contributed by atoms with E-state index in [1.165, 1.54) is 6.07 Å². The molecule has 0 unspecified atom stereocenters. The standard InChI is InChI=1S/C13H18N2O3/c16-11-7-3-1-2-5-9(11)14-12-8-4-6-10(15-12)13(17)18/h4,6,8-9,11,16H,1-3,5,7H2,(H,14,15)(H,17,18)/t9-,11-/m1/s1. The first-order valence-electron chi connectivity index (χ1n) is 6.32. The van der Waals surface area contributed by atoms with Gasteiger partial charge in [0.25, 0.3) is 0 Å². The summed E-state index contributed by atoms with van der Waals surface area (Å²) in [7, 11) is 0. The maximum Gasteiger partial charge on any atom is 0.354 e. The SMILES string of the molecule is O=C(O)c1cccc(N[C@@H]2CCCCC[C@H]2O)n1. The lowest BCUT2D eigenvalue weighted by atomic mass is 10.1. The summed E-state index contributed by atoms with van der Waals surface area (Å²) < 4.78 is 0. The number of carboxylic acids is 1. The Bertz CT molecular complexity index is 422. The number of aromatic carboxylic acids is 1. The van der Waals surface area contributed by atoms with Crippen LogP contribution in [0.5, 0.6) is 0 Å². The maximum absolute atomic E-state index is 10.8. The third kappa shape index (κ3) is 3.20. The zero-order valence-electron chi connectivity index (χ0n) is 10.2. The minimum atomic E-state index is -1.04. The van der Waals surface area contributed by atoms with Crippen molar-refractivity contribution >= 4 is 11.8 Å². The predicted octanol–water partition coefficient (Wildman–Crippen LogP) is 1.89. The van der Waals surface area contributed by atoms with Gasteiger partial charge in [0, 0.05) is 0 Å².